The topological polar surface area (TPSA) is 12.9 Å². The SMILES string of the molecule is Cc1csc(C(Br)C(C)(C)F)n1. The molecule has 0 aliphatic heterocycles. The van der Waals surface area contributed by atoms with E-state index in [-0.39, 0.29) is 4.83 Å². The van der Waals surface area contributed by atoms with E-state index in [4.69, 9.17) is 0 Å². The van der Waals surface area contributed by atoms with Crippen LogP contribution in [-0.4, -0.2) is 10.7 Å². The van der Waals surface area contributed by atoms with E-state index >= 15 is 0 Å². The molecular weight excluding hydrogens is 241 g/mol. The summed E-state index contributed by atoms with van der Waals surface area (Å²) in [4.78, 5) is 3.91. The van der Waals surface area contributed by atoms with E-state index in [0.717, 1.165) is 10.7 Å². The number of alkyl halides is 2. The molecule has 0 radical (unpaired) electrons. The van der Waals surface area contributed by atoms with Crippen LogP contribution < -0.4 is 0 Å². The van der Waals surface area contributed by atoms with Crippen molar-refractivity contribution in [1.29, 1.82) is 0 Å². The molecule has 1 aromatic heterocycles. The summed E-state index contributed by atoms with van der Waals surface area (Å²) < 4.78 is 13.4. The number of nitrogens with zero attached hydrogens (tertiary/aromatic N) is 1. The molecule has 1 aromatic rings. The van der Waals surface area contributed by atoms with Crippen LogP contribution in [0.3, 0.4) is 0 Å². The smallest absolute Gasteiger partial charge is 0.124 e. The van der Waals surface area contributed by atoms with E-state index in [2.05, 4.69) is 20.9 Å². The van der Waals surface area contributed by atoms with E-state index in [9.17, 15) is 4.39 Å². The van der Waals surface area contributed by atoms with Gasteiger partial charge in [-0.05, 0) is 20.8 Å². The Morgan fingerprint density at radius 3 is 2.58 bits per heavy atom. The fraction of sp³-hybridized carbons (Fsp3) is 0.625. The molecule has 1 rings (SSSR count). The molecule has 0 saturated carbocycles. The third kappa shape index (κ3) is 2.26. The highest BCUT2D eigenvalue weighted by Crippen LogP contribution is 2.37. The Morgan fingerprint density at radius 1 is 1.67 bits per heavy atom. The second kappa shape index (κ2) is 3.42. The third-order valence-electron chi connectivity index (χ3n) is 1.46. The number of hydrogen-bond acceptors (Lipinski definition) is 2. The Labute approximate surface area is 84.1 Å². The van der Waals surface area contributed by atoms with Gasteiger partial charge >= 0.3 is 0 Å². The molecule has 1 unspecified atom stereocenters. The van der Waals surface area contributed by atoms with Crippen LogP contribution in [0, 0.1) is 6.92 Å². The second-order valence-corrected chi connectivity index (χ2v) is 5.06. The quantitative estimate of drug-likeness (QED) is 0.732. The van der Waals surface area contributed by atoms with E-state index in [1.165, 1.54) is 11.3 Å². The Hall–Kier alpha value is 0.0400. The second-order valence-electron chi connectivity index (χ2n) is 3.25. The summed E-state index contributed by atoms with van der Waals surface area (Å²) >= 11 is 4.78. The maximum Gasteiger partial charge on any atom is 0.124 e. The lowest BCUT2D eigenvalue weighted by atomic mass is 10.1. The summed E-state index contributed by atoms with van der Waals surface area (Å²) in [6, 6.07) is 0. The fourth-order valence-corrected chi connectivity index (χ4v) is 2.15. The molecule has 0 amide bonds. The molecule has 0 N–H and O–H groups in total. The number of rotatable bonds is 2. The monoisotopic (exact) mass is 251 g/mol. The van der Waals surface area contributed by atoms with Crippen molar-refractivity contribution in [3.8, 4) is 0 Å². The number of hydrogen-bond donors (Lipinski definition) is 0. The predicted octanol–water partition coefficient (Wildman–Crippen LogP) is 3.64. The van der Waals surface area contributed by atoms with Gasteiger partial charge in [-0.3, -0.25) is 0 Å². The van der Waals surface area contributed by atoms with Crippen LogP contribution in [0.25, 0.3) is 0 Å². The molecule has 0 bridgehead atoms. The highest BCUT2D eigenvalue weighted by Gasteiger charge is 2.30. The van der Waals surface area contributed by atoms with Gasteiger partial charge in [0.05, 0.1) is 4.83 Å². The van der Waals surface area contributed by atoms with Crippen LogP contribution in [0.1, 0.15) is 29.4 Å². The molecule has 1 atom stereocenters. The number of aromatic nitrogens is 1. The van der Waals surface area contributed by atoms with Gasteiger partial charge < -0.3 is 0 Å². The summed E-state index contributed by atoms with van der Waals surface area (Å²) in [5.41, 5.74) is -0.312. The zero-order chi connectivity index (χ0) is 9.35. The van der Waals surface area contributed by atoms with Crippen LogP contribution in [0.2, 0.25) is 0 Å². The van der Waals surface area contributed by atoms with Crippen molar-refractivity contribution in [3.05, 3.63) is 16.1 Å². The first-order chi connectivity index (χ1) is 5.41. The van der Waals surface area contributed by atoms with Crippen LogP contribution in [0.5, 0.6) is 0 Å². The first-order valence-corrected chi connectivity index (χ1v) is 5.46. The molecule has 68 valence electrons. The lowest BCUT2D eigenvalue weighted by Gasteiger charge is -2.18. The van der Waals surface area contributed by atoms with Crippen molar-refractivity contribution in [1.82, 2.24) is 4.98 Å². The van der Waals surface area contributed by atoms with Gasteiger partial charge in [0.15, 0.2) is 0 Å². The van der Waals surface area contributed by atoms with Gasteiger partial charge in [-0.25, -0.2) is 9.37 Å². The Kier molecular flexibility index (Phi) is 2.88. The molecule has 0 aromatic carbocycles. The van der Waals surface area contributed by atoms with Gasteiger partial charge in [-0.1, -0.05) is 15.9 Å². The van der Waals surface area contributed by atoms with Gasteiger partial charge in [0.2, 0.25) is 0 Å². The minimum atomic E-state index is -1.26. The van der Waals surface area contributed by atoms with Crippen molar-refractivity contribution in [2.45, 2.75) is 31.3 Å². The van der Waals surface area contributed by atoms with E-state index in [1.807, 2.05) is 12.3 Å². The molecule has 12 heavy (non-hydrogen) atoms. The van der Waals surface area contributed by atoms with Crippen molar-refractivity contribution < 1.29 is 4.39 Å². The summed E-state index contributed by atoms with van der Waals surface area (Å²) in [6.07, 6.45) is 0. The molecular formula is C8H11BrFNS. The maximum atomic E-state index is 13.4. The predicted molar refractivity (Wildman–Crippen MR) is 53.7 cm³/mol. The van der Waals surface area contributed by atoms with E-state index in [1.54, 1.807) is 13.8 Å². The van der Waals surface area contributed by atoms with Crippen molar-refractivity contribution in [3.63, 3.8) is 0 Å². The summed E-state index contributed by atoms with van der Waals surface area (Å²) in [5.74, 6) is 0. The summed E-state index contributed by atoms with van der Waals surface area (Å²) in [7, 11) is 0. The van der Waals surface area contributed by atoms with Gasteiger partial charge in [0.1, 0.15) is 10.7 Å². The van der Waals surface area contributed by atoms with Crippen molar-refractivity contribution >= 4 is 27.3 Å². The molecule has 0 fully saturated rings. The van der Waals surface area contributed by atoms with Crippen molar-refractivity contribution in [2.75, 3.05) is 0 Å². The van der Waals surface area contributed by atoms with Gasteiger partial charge in [0, 0.05) is 11.1 Å². The number of aryl methyl sites for hydroxylation is 1. The first kappa shape index (κ1) is 10.1. The van der Waals surface area contributed by atoms with Crippen LogP contribution >= 0.6 is 27.3 Å². The normalized spacial score (nSPS) is 14.8. The van der Waals surface area contributed by atoms with Crippen LogP contribution in [0.15, 0.2) is 5.38 Å². The summed E-state index contributed by atoms with van der Waals surface area (Å²) in [6.45, 7) is 5.00. The average Bonchev–Trinajstić information content (AvgIpc) is 2.32. The Balaban J connectivity index is 2.85. The van der Waals surface area contributed by atoms with Crippen LogP contribution in [0.4, 0.5) is 4.39 Å². The highest BCUT2D eigenvalue weighted by atomic mass is 79.9. The van der Waals surface area contributed by atoms with E-state index < -0.39 is 5.67 Å². The summed E-state index contributed by atoms with van der Waals surface area (Å²) in [5, 5.41) is 2.73. The molecule has 4 heteroatoms. The first-order valence-electron chi connectivity index (χ1n) is 3.66. The molecule has 0 saturated heterocycles. The zero-order valence-electron chi connectivity index (χ0n) is 7.27. The zero-order valence-corrected chi connectivity index (χ0v) is 9.67. The molecule has 0 aliphatic carbocycles. The highest BCUT2D eigenvalue weighted by molar-refractivity contribution is 9.09. The van der Waals surface area contributed by atoms with E-state index in [0.29, 0.717) is 0 Å². The van der Waals surface area contributed by atoms with Gasteiger partial charge in [0.25, 0.3) is 0 Å². The van der Waals surface area contributed by atoms with Gasteiger partial charge in [-0.2, -0.15) is 0 Å². The minimum absolute atomic E-state index is 0.302. The standard InChI is InChI=1S/C8H11BrFNS/c1-5-4-12-7(11-5)6(9)8(2,3)10/h4,6H,1-3H3. The lowest BCUT2D eigenvalue weighted by Crippen LogP contribution is -2.18. The Bertz CT molecular complexity index is 266. The molecule has 0 aliphatic rings. The number of halogens is 2. The minimum Gasteiger partial charge on any atom is -0.245 e. The molecule has 0 spiro atoms. The maximum absolute atomic E-state index is 13.4. The lowest BCUT2D eigenvalue weighted by molar-refractivity contribution is 0.215. The average molecular weight is 252 g/mol. The van der Waals surface area contributed by atoms with Gasteiger partial charge in [-0.15, -0.1) is 11.3 Å². The molecule has 1 heterocycles. The number of thiazole rings is 1. The fourth-order valence-electron chi connectivity index (χ4n) is 0.782. The Morgan fingerprint density at radius 2 is 2.25 bits per heavy atom. The third-order valence-corrected chi connectivity index (χ3v) is 4.31. The molecule has 1 nitrogen and oxygen atoms in total. The van der Waals surface area contributed by atoms with Crippen LogP contribution in [-0.2, 0) is 0 Å². The van der Waals surface area contributed by atoms with Crippen molar-refractivity contribution in [2.24, 2.45) is 0 Å². The largest absolute Gasteiger partial charge is 0.245 e.